The number of rotatable bonds is 0. The molecule has 2 rings (SSSR count). The summed E-state index contributed by atoms with van der Waals surface area (Å²) in [5, 5.41) is 7.89. The van der Waals surface area contributed by atoms with Gasteiger partial charge in [0.25, 0.3) is 0 Å². The first-order valence-electron chi connectivity index (χ1n) is 3.39. The number of thiocarbonyl (C=S) groups is 1. The van der Waals surface area contributed by atoms with Crippen molar-refractivity contribution in [2.24, 2.45) is 5.73 Å². The van der Waals surface area contributed by atoms with E-state index in [0.29, 0.717) is 0 Å². The van der Waals surface area contributed by atoms with Gasteiger partial charge in [0.15, 0.2) is 5.11 Å². The molecule has 0 saturated heterocycles. The zero-order valence-electron chi connectivity index (χ0n) is 6.14. The lowest BCUT2D eigenvalue weighted by atomic mass is 10.3. The van der Waals surface area contributed by atoms with Gasteiger partial charge in [-0.1, -0.05) is 17.3 Å². The number of nitrogens with two attached hydrogens (primary N) is 1. The van der Waals surface area contributed by atoms with Crippen LogP contribution in [-0.4, -0.2) is 20.1 Å². The minimum Gasteiger partial charge on any atom is -0.374 e. The van der Waals surface area contributed by atoms with Crippen LogP contribution in [0.2, 0.25) is 0 Å². The fraction of sp³-hybridized carbons (Fsp3) is 0. The first-order chi connectivity index (χ1) is 5.79. The quantitative estimate of drug-likeness (QED) is 0.598. The molecule has 0 spiro atoms. The zero-order valence-corrected chi connectivity index (χ0v) is 6.95. The molecule has 0 aliphatic rings. The van der Waals surface area contributed by atoms with Crippen molar-refractivity contribution in [1.82, 2.24) is 15.0 Å². The summed E-state index contributed by atoms with van der Waals surface area (Å²) in [4.78, 5) is 0. The zero-order chi connectivity index (χ0) is 8.55. The molecule has 2 N–H and O–H groups in total. The fourth-order valence-corrected chi connectivity index (χ4v) is 1.17. The highest BCUT2D eigenvalue weighted by Crippen LogP contribution is 2.08. The maximum Gasteiger partial charge on any atom is 0.193 e. The molecule has 0 aliphatic heterocycles. The van der Waals surface area contributed by atoms with E-state index in [0.717, 1.165) is 11.0 Å². The van der Waals surface area contributed by atoms with Gasteiger partial charge in [0, 0.05) is 0 Å². The van der Waals surface area contributed by atoms with Crippen LogP contribution in [-0.2, 0) is 0 Å². The van der Waals surface area contributed by atoms with Crippen LogP contribution in [0.4, 0.5) is 0 Å². The summed E-state index contributed by atoms with van der Waals surface area (Å²) in [6, 6.07) is 7.51. The van der Waals surface area contributed by atoms with Gasteiger partial charge in [0.2, 0.25) is 0 Å². The Hall–Kier alpha value is -1.49. The largest absolute Gasteiger partial charge is 0.374 e. The van der Waals surface area contributed by atoms with Crippen LogP contribution < -0.4 is 5.73 Å². The van der Waals surface area contributed by atoms with Crippen molar-refractivity contribution in [1.29, 1.82) is 0 Å². The van der Waals surface area contributed by atoms with E-state index >= 15 is 0 Å². The molecule has 60 valence electrons. The molecule has 0 aliphatic carbocycles. The van der Waals surface area contributed by atoms with E-state index in [9.17, 15) is 0 Å². The normalized spacial score (nSPS) is 10.3. The van der Waals surface area contributed by atoms with Gasteiger partial charge < -0.3 is 5.73 Å². The molecule has 0 saturated carbocycles. The molecule has 0 radical (unpaired) electrons. The van der Waals surface area contributed by atoms with Crippen molar-refractivity contribution >= 4 is 28.4 Å². The third-order valence-corrected chi connectivity index (χ3v) is 1.73. The number of hydrogen-bond acceptors (Lipinski definition) is 3. The molecule has 5 heteroatoms. The number of hydrogen-bond donors (Lipinski definition) is 1. The van der Waals surface area contributed by atoms with Gasteiger partial charge >= 0.3 is 0 Å². The maximum absolute atomic E-state index is 5.42. The summed E-state index contributed by atoms with van der Waals surface area (Å²) >= 11 is 4.78. The molecule has 0 atom stereocenters. The standard InChI is InChI=1S/C7H6N4S/c8-7(12)11-6-4-2-1-3-5(6)9-10-11/h1-4H,(H2,8,12). The molecule has 12 heavy (non-hydrogen) atoms. The van der Waals surface area contributed by atoms with Crippen LogP contribution in [0.25, 0.3) is 11.0 Å². The fourth-order valence-electron chi connectivity index (χ4n) is 1.03. The lowest BCUT2D eigenvalue weighted by molar-refractivity contribution is 0.866. The third kappa shape index (κ3) is 0.947. The van der Waals surface area contributed by atoms with Crippen LogP contribution in [0.15, 0.2) is 24.3 Å². The number of para-hydroxylation sites is 1. The van der Waals surface area contributed by atoms with Crippen molar-refractivity contribution in [2.45, 2.75) is 0 Å². The van der Waals surface area contributed by atoms with Gasteiger partial charge in [0.05, 0.1) is 5.52 Å². The van der Waals surface area contributed by atoms with Crippen molar-refractivity contribution in [3.05, 3.63) is 24.3 Å². The van der Waals surface area contributed by atoms with Crippen molar-refractivity contribution in [2.75, 3.05) is 0 Å². The van der Waals surface area contributed by atoms with Crippen LogP contribution in [0, 0.1) is 0 Å². The van der Waals surface area contributed by atoms with Gasteiger partial charge in [-0.15, -0.1) is 5.10 Å². The Morgan fingerprint density at radius 2 is 2.17 bits per heavy atom. The van der Waals surface area contributed by atoms with E-state index < -0.39 is 0 Å². The minimum atomic E-state index is 0.212. The highest BCUT2D eigenvalue weighted by Gasteiger charge is 2.03. The molecule has 1 heterocycles. The number of aromatic nitrogens is 3. The molecular weight excluding hydrogens is 172 g/mol. The van der Waals surface area contributed by atoms with Crippen LogP contribution in [0.1, 0.15) is 0 Å². The Kier molecular flexibility index (Phi) is 1.51. The molecule has 2 aromatic rings. The Bertz CT molecular complexity index is 434. The smallest absolute Gasteiger partial charge is 0.193 e. The summed E-state index contributed by atoms with van der Waals surface area (Å²) in [5.74, 6) is 0. The molecule has 0 fully saturated rings. The highest BCUT2D eigenvalue weighted by atomic mass is 32.1. The highest BCUT2D eigenvalue weighted by molar-refractivity contribution is 7.80. The van der Waals surface area contributed by atoms with E-state index in [1.54, 1.807) is 0 Å². The molecule has 1 aromatic carbocycles. The lowest BCUT2D eigenvalue weighted by Crippen LogP contribution is -2.20. The minimum absolute atomic E-state index is 0.212. The molecule has 0 unspecified atom stereocenters. The second-order valence-corrected chi connectivity index (χ2v) is 2.75. The second kappa shape index (κ2) is 2.53. The van der Waals surface area contributed by atoms with Gasteiger partial charge in [0.1, 0.15) is 5.52 Å². The first kappa shape index (κ1) is 7.17. The summed E-state index contributed by atoms with van der Waals surface area (Å²) in [7, 11) is 0. The van der Waals surface area contributed by atoms with Crippen LogP contribution in [0.5, 0.6) is 0 Å². The van der Waals surface area contributed by atoms with Gasteiger partial charge in [-0.3, -0.25) is 0 Å². The Morgan fingerprint density at radius 3 is 2.92 bits per heavy atom. The van der Waals surface area contributed by atoms with Gasteiger partial charge in [-0.2, -0.15) is 4.68 Å². The monoisotopic (exact) mass is 178 g/mol. The third-order valence-electron chi connectivity index (χ3n) is 1.56. The molecule has 0 bridgehead atoms. The van der Waals surface area contributed by atoms with E-state index in [4.69, 9.17) is 18.0 Å². The summed E-state index contributed by atoms with van der Waals surface area (Å²) in [6.45, 7) is 0. The van der Waals surface area contributed by atoms with E-state index in [2.05, 4.69) is 10.3 Å². The number of benzene rings is 1. The average Bonchev–Trinajstić information content (AvgIpc) is 2.47. The molecule has 1 aromatic heterocycles. The summed E-state index contributed by atoms with van der Waals surface area (Å²) < 4.78 is 1.44. The van der Waals surface area contributed by atoms with E-state index in [-0.39, 0.29) is 5.11 Å². The number of fused-ring (bicyclic) bond motifs is 1. The van der Waals surface area contributed by atoms with Crippen molar-refractivity contribution in [3.63, 3.8) is 0 Å². The Labute approximate surface area is 74.0 Å². The van der Waals surface area contributed by atoms with Crippen LogP contribution in [0.3, 0.4) is 0 Å². The summed E-state index contributed by atoms with van der Waals surface area (Å²) in [6.07, 6.45) is 0. The van der Waals surface area contributed by atoms with E-state index in [1.807, 2.05) is 24.3 Å². The molecule has 0 amide bonds. The predicted molar refractivity (Wildman–Crippen MR) is 49.7 cm³/mol. The predicted octanol–water partition coefficient (Wildman–Crippen LogP) is 0.523. The molecule has 4 nitrogen and oxygen atoms in total. The lowest BCUT2D eigenvalue weighted by Gasteiger charge is -1.95. The first-order valence-corrected chi connectivity index (χ1v) is 3.80. The van der Waals surface area contributed by atoms with Gasteiger partial charge in [-0.25, -0.2) is 0 Å². The van der Waals surface area contributed by atoms with E-state index in [1.165, 1.54) is 4.68 Å². The van der Waals surface area contributed by atoms with Gasteiger partial charge in [-0.05, 0) is 24.4 Å². The number of nitrogens with zero attached hydrogens (tertiary/aromatic N) is 3. The second-order valence-electron chi connectivity index (χ2n) is 2.33. The van der Waals surface area contributed by atoms with Crippen LogP contribution >= 0.6 is 12.2 Å². The molecular formula is C7H6N4S. The average molecular weight is 178 g/mol. The Morgan fingerprint density at radius 1 is 1.42 bits per heavy atom. The maximum atomic E-state index is 5.42. The van der Waals surface area contributed by atoms with Crippen molar-refractivity contribution in [3.8, 4) is 0 Å². The SMILES string of the molecule is NC(=S)n1nnc2ccccc21. The summed E-state index contributed by atoms with van der Waals surface area (Å²) in [5.41, 5.74) is 7.05. The topological polar surface area (TPSA) is 56.7 Å². The van der Waals surface area contributed by atoms with Crippen molar-refractivity contribution < 1.29 is 0 Å². The Balaban J connectivity index is 2.79.